The Bertz CT molecular complexity index is 824. The van der Waals surface area contributed by atoms with Gasteiger partial charge in [0.05, 0.1) is 31.8 Å². The van der Waals surface area contributed by atoms with Crippen LogP contribution in [0.4, 0.5) is 26.3 Å². The highest BCUT2D eigenvalue weighted by Crippen LogP contribution is 2.35. The fourth-order valence-electron chi connectivity index (χ4n) is 2.95. The first-order valence-electron chi connectivity index (χ1n) is 9.27. The Labute approximate surface area is 186 Å². The third-order valence-corrected chi connectivity index (χ3v) is 6.49. The van der Waals surface area contributed by atoms with E-state index in [1.165, 1.54) is 24.3 Å². The first kappa shape index (κ1) is 24.7. The minimum Gasteiger partial charge on any atom is -0.320 e. The van der Waals surface area contributed by atoms with Crippen molar-refractivity contribution in [3.8, 4) is 0 Å². The highest BCUT2D eigenvalue weighted by atomic mass is 127. The van der Waals surface area contributed by atoms with Gasteiger partial charge in [-0.15, -0.1) is 0 Å². The van der Waals surface area contributed by atoms with E-state index in [0.717, 1.165) is 46.3 Å². The first-order chi connectivity index (χ1) is 13.8. The molecule has 8 heteroatoms. The maximum atomic E-state index is 13.2. The summed E-state index contributed by atoms with van der Waals surface area (Å²) in [7, 11) is 4.13. The number of unbranched alkanes of at least 4 members (excludes halogenated alkanes) is 1. The summed E-state index contributed by atoms with van der Waals surface area (Å²) in [6, 6.07) is 9.40. The van der Waals surface area contributed by atoms with Crippen LogP contribution in [0.1, 0.15) is 35.1 Å². The average molecular weight is 542 g/mol. The lowest BCUT2D eigenvalue weighted by Gasteiger charge is -2.26. The molecule has 0 aromatic heterocycles. The number of quaternary nitrogens is 1. The van der Waals surface area contributed by atoms with Gasteiger partial charge in [-0.05, 0) is 70.0 Å². The van der Waals surface area contributed by atoms with Crippen LogP contribution in [0.5, 0.6) is 0 Å². The molecule has 0 radical (unpaired) electrons. The summed E-state index contributed by atoms with van der Waals surface area (Å²) in [5, 5.41) is 0. The molecule has 0 atom stereocenters. The second kappa shape index (κ2) is 9.72. The van der Waals surface area contributed by atoms with Crippen molar-refractivity contribution in [2.24, 2.45) is 0 Å². The molecular formula is C22H23F6IN+. The molecule has 0 bridgehead atoms. The molecule has 0 heterocycles. The molecule has 164 valence electrons. The molecule has 1 nitrogen and oxygen atoms in total. The molecule has 0 aliphatic carbocycles. The minimum absolute atomic E-state index is 0.242. The predicted octanol–water partition coefficient (Wildman–Crippen LogP) is 7.41. The van der Waals surface area contributed by atoms with Crippen molar-refractivity contribution in [3.05, 3.63) is 76.9 Å². The first-order valence-corrected chi connectivity index (χ1v) is 10.8. The Kier molecular flexibility index (Phi) is 8.01. The molecule has 0 saturated heterocycles. The van der Waals surface area contributed by atoms with Crippen LogP contribution < -0.4 is 0 Å². The van der Waals surface area contributed by atoms with Gasteiger partial charge in [-0.25, -0.2) is 0 Å². The summed E-state index contributed by atoms with van der Waals surface area (Å²) in [5.74, 6) is 0. The molecule has 2 rings (SSSR count). The van der Waals surface area contributed by atoms with Crippen LogP contribution in [-0.4, -0.2) is 29.7 Å². The van der Waals surface area contributed by atoms with Gasteiger partial charge in [0.15, 0.2) is 0 Å². The molecule has 0 fully saturated rings. The molecule has 0 saturated carbocycles. The van der Waals surface area contributed by atoms with Crippen molar-refractivity contribution in [1.29, 1.82) is 0 Å². The molecule has 0 amide bonds. The lowest BCUT2D eigenvalue weighted by atomic mass is 9.94. The van der Waals surface area contributed by atoms with Crippen molar-refractivity contribution >= 4 is 28.2 Å². The maximum Gasteiger partial charge on any atom is 0.416 e. The number of allylic oxidation sites excluding steroid dienone is 1. The summed E-state index contributed by atoms with van der Waals surface area (Å²) in [6.07, 6.45) is -6.02. The van der Waals surface area contributed by atoms with Gasteiger partial charge >= 0.3 is 12.4 Å². The van der Waals surface area contributed by atoms with E-state index >= 15 is 0 Å². The zero-order valence-electron chi connectivity index (χ0n) is 16.6. The zero-order chi connectivity index (χ0) is 22.6. The van der Waals surface area contributed by atoms with Crippen molar-refractivity contribution < 1.29 is 30.8 Å². The Morgan fingerprint density at radius 1 is 0.867 bits per heavy atom. The van der Waals surface area contributed by atoms with Crippen LogP contribution >= 0.6 is 22.6 Å². The Balaban J connectivity index is 2.45. The van der Waals surface area contributed by atoms with Crippen LogP contribution in [0.25, 0.3) is 5.57 Å². The molecule has 0 N–H and O–H groups in total. The number of hydrogen-bond donors (Lipinski definition) is 0. The molecule has 2 aromatic carbocycles. The summed E-state index contributed by atoms with van der Waals surface area (Å²) in [6.45, 7) is 0.845. The molecule has 0 unspecified atom stereocenters. The van der Waals surface area contributed by atoms with Gasteiger partial charge in [0.2, 0.25) is 0 Å². The van der Waals surface area contributed by atoms with Crippen LogP contribution in [0.15, 0.2) is 54.6 Å². The van der Waals surface area contributed by atoms with Gasteiger partial charge in [0, 0.05) is 6.42 Å². The molecule has 0 spiro atoms. The van der Waals surface area contributed by atoms with E-state index in [4.69, 9.17) is 0 Å². The normalized spacial score (nSPS) is 12.7. The SMILES string of the molecule is C[N+](C)(CI)CCCC=C(c1cccc(C(F)(F)F)c1)c1cccc(C(F)(F)F)c1. The lowest BCUT2D eigenvalue weighted by molar-refractivity contribution is -0.874. The predicted molar refractivity (Wildman–Crippen MR) is 115 cm³/mol. The van der Waals surface area contributed by atoms with E-state index in [0.29, 0.717) is 12.0 Å². The zero-order valence-corrected chi connectivity index (χ0v) is 18.8. The van der Waals surface area contributed by atoms with Gasteiger partial charge in [0.25, 0.3) is 0 Å². The number of benzene rings is 2. The van der Waals surface area contributed by atoms with E-state index in [1.807, 2.05) is 0 Å². The second-order valence-corrected chi connectivity index (χ2v) is 8.38. The quantitative estimate of drug-likeness (QED) is 0.0855. The van der Waals surface area contributed by atoms with Crippen molar-refractivity contribution in [3.63, 3.8) is 0 Å². The molecule has 30 heavy (non-hydrogen) atoms. The number of hydrogen-bond acceptors (Lipinski definition) is 0. The third-order valence-electron chi connectivity index (χ3n) is 4.64. The summed E-state index contributed by atoms with van der Waals surface area (Å²) >= 11 is 2.28. The van der Waals surface area contributed by atoms with Gasteiger partial charge in [0.1, 0.15) is 4.55 Å². The van der Waals surface area contributed by atoms with Crippen molar-refractivity contribution in [1.82, 2.24) is 0 Å². The topological polar surface area (TPSA) is 0 Å². The largest absolute Gasteiger partial charge is 0.416 e. The Morgan fingerprint density at radius 2 is 1.33 bits per heavy atom. The minimum atomic E-state index is -4.53. The van der Waals surface area contributed by atoms with Crippen LogP contribution in [0, 0.1) is 0 Å². The van der Waals surface area contributed by atoms with Crippen molar-refractivity contribution in [2.45, 2.75) is 25.2 Å². The standard InChI is InChI=1S/C22H23F6IN/c1-30(2,15-29)12-4-3-11-20(16-7-5-9-18(13-16)21(23,24)25)17-8-6-10-19(14-17)22(26,27)28/h5-11,13-14H,3-4,12,15H2,1-2H3/q+1. The molecule has 0 aliphatic heterocycles. The van der Waals surface area contributed by atoms with Gasteiger partial charge in [-0.2, -0.15) is 26.3 Å². The highest BCUT2D eigenvalue weighted by Gasteiger charge is 2.32. The second-order valence-electron chi connectivity index (χ2n) is 7.70. The van der Waals surface area contributed by atoms with Crippen LogP contribution in [0.3, 0.4) is 0 Å². The van der Waals surface area contributed by atoms with E-state index in [9.17, 15) is 26.3 Å². The third kappa shape index (κ3) is 7.01. The van der Waals surface area contributed by atoms with Gasteiger partial charge < -0.3 is 4.48 Å². The lowest BCUT2D eigenvalue weighted by Crippen LogP contribution is -2.38. The number of rotatable bonds is 7. The highest BCUT2D eigenvalue weighted by molar-refractivity contribution is 14.1. The van der Waals surface area contributed by atoms with Crippen LogP contribution in [0.2, 0.25) is 0 Å². The maximum absolute atomic E-state index is 13.2. The van der Waals surface area contributed by atoms with Gasteiger partial charge in [-0.1, -0.05) is 30.3 Å². The average Bonchev–Trinajstić information content (AvgIpc) is 2.67. The summed E-state index contributed by atoms with van der Waals surface area (Å²) in [4.78, 5) is 0. The molecule has 2 aromatic rings. The monoisotopic (exact) mass is 542 g/mol. The van der Waals surface area contributed by atoms with E-state index in [1.54, 1.807) is 6.08 Å². The number of alkyl halides is 7. The Morgan fingerprint density at radius 3 is 1.73 bits per heavy atom. The van der Waals surface area contributed by atoms with E-state index in [-0.39, 0.29) is 11.1 Å². The van der Waals surface area contributed by atoms with E-state index in [2.05, 4.69) is 36.7 Å². The summed E-state index contributed by atoms with van der Waals surface area (Å²) in [5.41, 5.74) is -0.813. The number of nitrogens with zero attached hydrogens (tertiary/aromatic N) is 1. The summed E-state index contributed by atoms with van der Waals surface area (Å²) < 4.78 is 80.6. The molecule has 0 aliphatic rings. The fraction of sp³-hybridized carbons (Fsp3) is 0.364. The van der Waals surface area contributed by atoms with Gasteiger partial charge in [-0.3, -0.25) is 0 Å². The van der Waals surface area contributed by atoms with Crippen LogP contribution in [-0.2, 0) is 12.4 Å². The molecular weight excluding hydrogens is 519 g/mol. The smallest absolute Gasteiger partial charge is 0.320 e. The Hall–Kier alpha value is -1.55. The van der Waals surface area contributed by atoms with E-state index < -0.39 is 23.5 Å². The number of halogens is 7. The van der Waals surface area contributed by atoms with Crippen molar-refractivity contribution in [2.75, 3.05) is 25.2 Å². The fourth-order valence-corrected chi connectivity index (χ4v) is 3.30.